The van der Waals surface area contributed by atoms with Gasteiger partial charge in [-0.2, -0.15) is 0 Å². The summed E-state index contributed by atoms with van der Waals surface area (Å²) in [5.74, 6) is -1.03. The van der Waals surface area contributed by atoms with Crippen LogP contribution >= 0.6 is 0 Å². The van der Waals surface area contributed by atoms with Crippen LogP contribution in [0.4, 0.5) is 17.1 Å². The fraction of sp³-hybridized carbons (Fsp3) is 0.333. The van der Waals surface area contributed by atoms with Gasteiger partial charge < -0.3 is 26.0 Å². The Hall–Kier alpha value is -4.81. The van der Waals surface area contributed by atoms with Gasteiger partial charge in [-0.3, -0.25) is 9.59 Å². The van der Waals surface area contributed by atoms with E-state index in [9.17, 15) is 14.4 Å². The van der Waals surface area contributed by atoms with E-state index in [0.29, 0.717) is 41.4 Å². The number of anilines is 3. The predicted octanol–water partition coefficient (Wildman–Crippen LogP) is 7.14. The normalized spacial score (nSPS) is 15.6. The minimum absolute atomic E-state index is 0.283. The van der Waals surface area contributed by atoms with Gasteiger partial charge in [0.05, 0.1) is 17.9 Å². The number of carbonyl (C=O) groups is 3. The molecule has 0 saturated heterocycles. The zero-order valence-corrected chi connectivity index (χ0v) is 25.2. The summed E-state index contributed by atoms with van der Waals surface area (Å²) in [5.41, 5.74) is 6.64. The number of para-hydroxylation sites is 1. The molecule has 3 aromatic carbocycles. The van der Waals surface area contributed by atoms with Crippen molar-refractivity contribution < 1.29 is 19.1 Å². The summed E-state index contributed by atoms with van der Waals surface area (Å²) < 4.78 is 5.03. The van der Waals surface area contributed by atoms with E-state index in [2.05, 4.69) is 33.6 Å². The number of hydrogen-bond donors (Lipinski definition) is 4. The van der Waals surface area contributed by atoms with Gasteiger partial charge in [-0.15, -0.1) is 5.73 Å². The third-order valence-electron chi connectivity index (χ3n) is 8.38. The molecule has 0 aliphatic heterocycles. The third-order valence-corrected chi connectivity index (χ3v) is 8.38. The maximum Gasteiger partial charge on any atom is 0.338 e. The molecule has 4 N–H and O–H groups in total. The minimum Gasteiger partial charge on any atom is -0.462 e. The molecule has 0 unspecified atom stereocenters. The lowest BCUT2D eigenvalue weighted by molar-refractivity contribution is -0.125. The van der Waals surface area contributed by atoms with Crippen molar-refractivity contribution in [1.29, 1.82) is 0 Å². The Bertz CT molecular complexity index is 1530. The molecular formula is C36H40N4O4. The van der Waals surface area contributed by atoms with Crippen LogP contribution in [0, 0.1) is 0 Å². The summed E-state index contributed by atoms with van der Waals surface area (Å²) >= 11 is 0. The van der Waals surface area contributed by atoms with Crippen molar-refractivity contribution in [3.05, 3.63) is 102 Å². The van der Waals surface area contributed by atoms with E-state index in [1.807, 2.05) is 42.5 Å². The van der Waals surface area contributed by atoms with Crippen LogP contribution in [0.25, 0.3) is 5.70 Å². The molecule has 8 heteroatoms. The fourth-order valence-electron chi connectivity index (χ4n) is 5.74. The van der Waals surface area contributed by atoms with Crippen LogP contribution in [-0.2, 0) is 9.53 Å². The van der Waals surface area contributed by atoms with Crippen molar-refractivity contribution >= 4 is 40.5 Å². The average molecular weight is 593 g/mol. The molecule has 0 bridgehead atoms. The standard InChI is InChI=1S/C36H40N4O4/c1-3-31(37-27-12-7-5-8-13-27)30-24-26(18-21-32(30)38-28-14-9-6-10-15-28)33(41)40-36(22-11-23-36)35(43)39-29-19-16-25(17-20-29)34(42)44-4-2/h5,7-8,12-13,16-21,24,28,37-38H,1,4,6,9-11,14-15,22-23H2,2H3,(H,39,43)(H,40,41). The molecule has 0 atom stereocenters. The first-order chi connectivity index (χ1) is 21.4. The smallest absolute Gasteiger partial charge is 0.338 e. The van der Waals surface area contributed by atoms with Crippen molar-refractivity contribution in [3.8, 4) is 0 Å². The highest BCUT2D eigenvalue weighted by molar-refractivity contribution is 6.05. The zero-order chi connectivity index (χ0) is 30.9. The van der Waals surface area contributed by atoms with Gasteiger partial charge in [0, 0.05) is 34.2 Å². The van der Waals surface area contributed by atoms with E-state index in [4.69, 9.17) is 4.74 Å². The van der Waals surface area contributed by atoms with Crippen molar-refractivity contribution in [2.24, 2.45) is 0 Å². The van der Waals surface area contributed by atoms with Gasteiger partial charge in [-0.05, 0) is 93.6 Å². The van der Waals surface area contributed by atoms with Crippen LogP contribution in [0.2, 0.25) is 0 Å². The molecule has 8 nitrogen and oxygen atoms in total. The Kier molecular flexibility index (Phi) is 9.82. The Labute approximate surface area is 259 Å². The molecule has 2 fully saturated rings. The SMILES string of the molecule is C=C=C(Nc1ccccc1)c1cc(C(=O)NC2(C(=O)Nc3ccc(C(=O)OCC)cc3)CCC2)ccc1NC1CCCCC1. The second-order valence-corrected chi connectivity index (χ2v) is 11.4. The second-order valence-electron chi connectivity index (χ2n) is 11.4. The number of benzene rings is 3. The molecule has 3 aromatic rings. The summed E-state index contributed by atoms with van der Waals surface area (Å²) in [6.07, 6.45) is 7.74. The first-order valence-corrected chi connectivity index (χ1v) is 15.4. The average Bonchev–Trinajstić information content (AvgIpc) is 3.03. The van der Waals surface area contributed by atoms with E-state index in [1.54, 1.807) is 37.3 Å². The van der Waals surface area contributed by atoms with E-state index < -0.39 is 11.5 Å². The van der Waals surface area contributed by atoms with E-state index in [-0.39, 0.29) is 18.4 Å². The molecule has 0 radical (unpaired) electrons. The van der Waals surface area contributed by atoms with Crippen LogP contribution in [0.1, 0.15) is 84.6 Å². The fourth-order valence-corrected chi connectivity index (χ4v) is 5.74. The maximum absolute atomic E-state index is 13.7. The van der Waals surface area contributed by atoms with Gasteiger partial charge in [-0.1, -0.05) is 44.0 Å². The molecule has 5 rings (SSSR count). The lowest BCUT2D eigenvalue weighted by Crippen LogP contribution is -2.61. The lowest BCUT2D eigenvalue weighted by atomic mass is 9.75. The quantitative estimate of drug-likeness (QED) is 0.139. The first-order valence-electron chi connectivity index (χ1n) is 15.4. The molecule has 2 amide bonds. The van der Waals surface area contributed by atoms with Gasteiger partial charge in [0.1, 0.15) is 5.54 Å². The van der Waals surface area contributed by atoms with Crippen LogP contribution in [0.5, 0.6) is 0 Å². The highest BCUT2D eigenvalue weighted by Gasteiger charge is 2.45. The molecule has 228 valence electrons. The molecule has 2 saturated carbocycles. The summed E-state index contributed by atoms with van der Waals surface area (Å²) in [5, 5.41) is 13.0. The highest BCUT2D eigenvalue weighted by atomic mass is 16.5. The summed E-state index contributed by atoms with van der Waals surface area (Å²) in [6, 6.07) is 22.2. The minimum atomic E-state index is -1.02. The van der Waals surface area contributed by atoms with Crippen molar-refractivity contribution in [2.75, 3.05) is 22.6 Å². The molecule has 0 heterocycles. The molecule has 0 aromatic heterocycles. The summed E-state index contributed by atoms with van der Waals surface area (Å²) in [4.78, 5) is 39.1. The van der Waals surface area contributed by atoms with Gasteiger partial charge in [0.25, 0.3) is 5.91 Å². The predicted molar refractivity (Wildman–Crippen MR) is 175 cm³/mol. The zero-order valence-electron chi connectivity index (χ0n) is 25.2. The van der Waals surface area contributed by atoms with Crippen LogP contribution < -0.4 is 21.3 Å². The van der Waals surface area contributed by atoms with E-state index in [0.717, 1.165) is 36.2 Å². The largest absolute Gasteiger partial charge is 0.462 e. The van der Waals surface area contributed by atoms with Gasteiger partial charge in [0.15, 0.2) is 0 Å². The van der Waals surface area contributed by atoms with Crippen molar-refractivity contribution in [2.45, 2.75) is 69.9 Å². The number of amides is 2. The molecule has 44 heavy (non-hydrogen) atoms. The van der Waals surface area contributed by atoms with Crippen molar-refractivity contribution in [1.82, 2.24) is 5.32 Å². The Morgan fingerprint density at radius 1 is 0.864 bits per heavy atom. The molecular weight excluding hydrogens is 552 g/mol. The first kappa shape index (κ1) is 30.6. The van der Waals surface area contributed by atoms with E-state index in [1.165, 1.54) is 19.3 Å². The number of ether oxygens (including phenoxy) is 1. The van der Waals surface area contributed by atoms with E-state index >= 15 is 0 Å². The van der Waals surface area contributed by atoms with Crippen molar-refractivity contribution in [3.63, 3.8) is 0 Å². The van der Waals surface area contributed by atoms with Crippen LogP contribution in [0.3, 0.4) is 0 Å². The number of hydrogen-bond acceptors (Lipinski definition) is 6. The van der Waals surface area contributed by atoms with Gasteiger partial charge in [0.2, 0.25) is 5.91 Å². The Morgan fingerprint density at radius 2 is 1.55 bits per heavy atom. The van der Waals surface area contributed by atoms with Gasteiger partial charge >= 0.3 is 5.97 Å². The number of carbonyl (C=O) groups excluding carboxylic acids is 3. The maximum atomic E-state index is 13.7. The second kappa shape index (κ2) is 14.1. The Morgan fingerprint density at radius 3 is 2.18 bits per heavy atom. The number of nitrogens with one attached hydrogen (secondary N) is 4. The third kappa shape index (κ3) is 7.21. The molecule has 2 aliphatic rings. The highest BCUT2D eigenvalue weighted by Crippen LogP contribution is 2.35. The summed E-state index contributed by atoms with van der Waals surface area (Å²) in [7, 11) is 0. The topological polar surface area (TPSA) is 109 Å². The van der Waals surface area contributed by atoms with Crippen LogP contribution in [0.15, 0.2) is 85.1 Å². The molecule has 0 spiro atoms. The molecule has 2 aliphatic carbocycles. The number of rotatable bonds is 11. The summed E-state index contributed by atoms with van der Waals surface area (Å²) in [6.45, 7) is 5.97. The van der Waals surface area contributed by atoms with Crippen LogP contribution in [-0.4, -0.2) is 36.0 Å². The lowest BCUT2D eigenvalue weighted by Gasteiger charge is -2.40. The Balaban J connectivity index is 1.35. The monoisotopic (exact) mass is 592 g/mol. The van der Waals surface area contributed by atoms with Gasteiger partial charge in [-0.25, -0.2) is 4.79 Å². The number of esters is 1.